The molecule has 0 spiro atoms. The third-order valence-electron chi connectivity index (χ3n) is 5.10. The molecule has 0 aromatic heterocycles. The van der Waals surface area contributed by atoms with Crippen molar-refractivity contribution in [2.75, 3.05) is 18.4 Å². The molecule has 2 rings (SSSR count). The van der Waals surface area contributed by atoms with Crippen molar-refractivity contribution in [3.8, 4) is 0 Å². The Kier molecular flexibility index (Phi) is 8.27. The summed E-state index contributed by atoms with van der Waals surface area (Å²) < 4.78 is 54.2. The molecule has 0 heterocycles. The van der Waals surface area contributed by atoms with E-state index < -0.39 is 39.6 Å². The van der Waals surface area contributed by atoms with Gasteiger partial charge in [-0.15, -0.1) is 0 Å². The van der Waals surface area contributed by atoms with Crippen LogP contribution in [-0.4, -0.2) is 37.8 Å². The van der Waals surface area contributed by atoms with Crippen molar-refractivity contribution in [3.63, 3.8) is 0 Å². The van der Waals surface area contributed by atoms with Crippen LogP contribution in [0.15, 0.2) is 41.3 Å². The molecule has 2 aromatic rings. The highest BCUT2D eigenvalue weighted by Gasteiger charge is 2.25. The summed E-state index contributed by atoms with van der Waals surface area (Å²) in [4.78, 5) is 12.8. The van der Waals surface area contributed by atoms with Crippen LogP contribution in [0.3, 0.4) is 0 Å². The first-order valence-corrected chi connectivity index (χ1v) is 11.6. The molecule has 0 aliphatic heterocycles. The smallest absolute Gasteiger partial charge is 0.243 e. The molecule has 2 N–H and O–H groups in total. The highest BCUT2D eigenvalue weighted by atomic mass is 32.2. The molecule has 2 atom stereocenters. The fraction of sp³-hybridized carbons (Fsp3) is 0.409. The van der Waals surface area contributed by atoms with E-state index in [0.717, 1.165) is 12.1 Å². The first kappa shape index (κ1) is 24.9. The molecule has 0 aliphatic rings. The summed E-state index contributed by atoms with van der Waals surface area (Å²) in [6.07, 6.45) is 0. The zero-order chi connectivity index (χ0) is 23.3. The number of carbonyl (C=O) groups excluding carboxylic acids is 1. The highest BCUT2D eigenvalue weighted by Crippen LogP contribution is 2.24. The van der Waals surface area contributed by atoms with Crippen molar-refractivity contribution in [3.05, 3.63) is 59.2 Å². The molecule has 0 saturated carbocycles. The molecule has 0 bridgehead atoms. The average Bonchev–Trinajstić information content (AvgIpc) is 2.69. The van der Waals surface area contributed by atoms with Crippen LogP contribution >= 0.6 is 0 Å². The van der Waals surface area contributed by atoms with Gasteiger partial charge in [0.15, 0.2) is 0 Å². The molecule has 0 aliphatic carbocycles. The van der Waals surface area contributed by atoms with Crippen molar-refractivity contribution in [1.29, 1.82) is 0 Å². The van der Waals surface area contributed by atoms with Gasteiger partial charge >= 0.3 is 0 Å². The second-order valence-corrected chi connectivity index (χ2v) is 9.24. The van der Waals surface area contributed by atoms with Crippen molar-refractivity contribution in [2.45, 2.75) is 51.6 Å². The van der Waals surface area contributed by atoms with E-state index in [1.54, 1.807) is 46.8 Å². The number of halogens is 2. The Balaban J connectivity index is 2.16. The van der Waals surface area contributed by atoms with E-state index in [4.69, 9.17) is 0 Å². The average molecular weight is 454 g/mol. The minimum Gasteiger partial charge on any atom is -0.325 e. The van der Waals surface area contributed by atoms with Gasteiger partial charge < -0.3 is 5.32 Å². The molecule has 0 radical (unpaired) electrons. The van der Waals surface area contributed by atoms with Crippen LogP contribution in [0.5, 0.6) is 0 Å². The monoisotopic (exact) mass is 453 g/mol. The SMILES string of the molecule is CCN(CC)S(=O)(=O)c1cc(NC(=O)C(C)NC(C)c2ccc(F)cc2F)ccc1C. The topological polar surface area (TPSA) is 78.5 Å². The van der Waals surface area contributed by atoms with Crippen LogP contribution in [-0.2, 0) is 14.8 Å². The highest BCUT2D eigenvalue weighted by molar-refractivity contribution is 7.89. The molecule has 170 valence electrons. The molecule has 6 nitrogen and oxygen atoms in total. The number of amides is 1. The zero-order valence-electron chi connectivity index (χ0n) is 18.4. The summed E-state index contributed by atoms with van der Waals surface area (Å²) in [6, 6.07) is 6.73. The van der Waals surface area contributed by atoms with Gasteiger partial charge in [0, 0.05) is 36.4 Å². The predicted octanol–water partition coefficient (Wildman–Crippen LogP) is 3.98. The Bertz CT molecular complexity index is 1040. The largest absolute Gasteiger partial charge is 0.325 e. The number of rotatable bonds is 9. The quantitative estimate of drug-likeness (QED) is 0.602. The Morgan fingerprint density at radius 2 is 1.71 bits per heavy atom. The van der Waals surface area contributed by atoms with Gasteiger partial charge in [-0.1, -0.05) is 26.0 Å². The number of aryl methyl sites for hydroxylation is 1. The summed E-state index contributed by atoms with van der Waals surface area (Å²) >= 11 is 0. The van der Waals surface area contributed by atoms with E-state index in [2.05, 4.69) is 10.6 Å². The lowest BCUT2D eigenvalue weighted by Crippen LogP contribution is -2.39. The molecule has 1 amide bonds. The van der Waals surface area contributed by atoms with Gasteiger partial charge in [-0.2, -0.15) is 4.31 Å². The van der Waals surface area contributed by atoms with Crippen LogP contribution < -0.4 is 10.6 Å². The van der Waals surface area contributed by atoms with Gasteiger partial charge in [-0.25, -0.2) is 17.2 Å². The van der Waals surface area contributed by atoms with E-state index >= 15 is 0 Å². The molecular weight excluding hydrogens is 424 g/mol. The molecule has 2 aromatic carbocycles. The number of nitrogens with zero attached hydrogens (tertiary/aromatic N) is 1. The van der Waals surface area contributed by atoms with Gasteiger partial charge in [0.05, 0.1) is 10.9 Å². The fourth-order valence-electron chi connectivity index (χ4n) is 3.30. The minimum atomic E-state index is -3.68. The van der Waals surface area contributed by atoms with Crippen LogP contribution in [0.25, 0.3) is 0 Å². The van der Waals surface area contributed by atoms with Crippen LogP contribution in [0.2, 0.25) is 0 Å². The van der Waals surface area contributed by atoms with Gasteiger partial charge in [-0.05, 0) is 44.5 Å². The Morgan fingerprint density at radius 3 is 2.29 bits per heavy atom. The van der Waals surface area contributed by atoms with Gasteiger partial charge in [0.2, 0.25) is 15.9 Å². The lowest BCUT2D eigenvalue weighted by atomic mass is 10.1. The van der Waals surface area contributed by atoms with Crippen molar-refractivity contribution in [2.24, 2.45) is 0 Å². The standard InChI is InChI=1S/C22H29F2N3O3S/c1-6-27(7-2)31(29,30)21-13-18(10-8-14(21)3)26-22(28)16(5)25-15(4)19-11-9-17(23)12-20(19)24/h8-13,15-16,25H,6-7H2,1-5H3,(H,26,28). The summed E-state index contributed by atoms with van der Waals surface area (Å²) in [5.74, 6) is -1.78. The maximum Gasteiger partial charge on any atom is 0.243 e. The predicted molar refractivity (Wildman–Crippen MR) is 117 cm³/mol. The second kappa shape index (κ2) is 10.3. The first-order valence-electron chi connectivity index (χ1n) is 10.1. The van der Waals surface area contributed by atoms with E-state index in [1.807, 2.05) is 0 Å². The zero-order valence-corrected chi connectivity index (χ0v) is 19.2. The Labute approximate surface area is 182 Å². The van der Waals surface area contributed by atoms with E-state index in [-0.39, 0.29) is 10.5 Å². The van der Waals surface area contributed by atoms with Crippen LogP contribution in [0.4, 0.5) is 14.5 Å². The lowest BCUT2D eigenvalue weighted by Gasteiger charge is -2.22. The number of anilines is 1. The maximum absolute atomic E-state index is 14.0. The third kappa shape index (κ3) is 5.87. The van der Waals surface area contributed by atoms with Crippen molar-refractivity contribution >= 4 is 21.6 Å². The normalized spacial score (nSPS) is 13.8. The third-order valence-corrected chi connectivity index (χ3v) is 7.29. The van der Waals surface area contributed by atoms with Gasteiger partial charge in [0.25, 0.3) is 0 Å². The summed E-state index contributed by atoms with van der Waals surface area (Å²) in [5, 5.41) is 5.67. The molecule has 0 fully saturated rings. The van der Waals surface area contributed by atoms with Crippen molar-refractivity contribution < 1.29 is 22.0 Å². The Hall–Kier alpha value is -2.36. The van der Waals surface area contributed by atoms with E-state index in [9.17, 15) is 22.0 Å². The van der Waals surface area contributed by atoms with Gasteiger partial charge in [-0.3, -0.25) is 10.1 Å². The fourth-order valence-corrected chi connectivity index (χ4v) is 5.01. The molecule has 0 saturated heterocycles. The van der Waals surface area contributed by atoms with E-state index in [0.29, 0.717) is 24.3 Å². The number of hydrogen-bond donors (Lipinski definition) is 2. The molecule has 9 heteroatoms. The Morgan fingerprint density at radius 1 is 1.06 bits per heavy atom. The van der Waals surface area contributed by atoms with Crippen molar-refractivity contribution in [1.82, 2.24) is 9.62 Å². The number of nitrogens with one attached hydrogen (secondary N) is 2. The number of carbonyl (C=O) groups is 1. The van der Waals surface area contributed by atoms with E-state index in [1.165, 1.54) is 16.4 Å². The number of hydrogen-bond acceptors (Lipinski definition) is 4. The number of benzene rings is 2. The minimum absolute atomic E-state index is 0.136. The number of sulfonamides is 1. The molecular formula is C22H29F2N3O3S. The van der Waals surface area contributed by atoms with Crippen LogP contribution in [0.1, 0.15) is 44.9 Å². The van der Waals surface area contributed by atoms with Crippen LogP contribution in [0, 0.1) is 18.6 Å². The lowest BCUT2D eigenvalue weighted by molar-refractivity contribution is -0.117. The molecule has 31 heavy (non-hydrogen) atoms. The second-order valence-electron chi connectivity index (χ2n) is 7.33. The van der Waals surface area contributed by atoms with Gasteiger partial charge in [0.1, 0.15) is 11.6 Å². The molecule has 2 unspecified atom stereocenters. The maximum atomic E-state index is 14.0. The summed E-state index contributed by atoms with van der Waals surface area (Å²) in [7, 11) is -3.68. The first-order chi connectivity index (χ1) is 14.5. The summed E-state index contributed by atoms with van der Waals surface area (Å²) in [6.45, 7) is 9.18. The summed E-state index contributed by atoms with van der Waals surface area (Å²) in [5.41, 5.74) is 1.16.